The van der Waals surface area contributed by atoms with Crippen LogP contribution in [0.2, 0.25) is 0 Å². The van der Waals surface area contributed by atoms with Crippen LogP contribution in [0.3, 0.4) is 0 Å². The van der Waals surface area contributed by atoms with Crippen molar-refractivity contribution in [1.29, 1.82) is 0 Å². The Kier molecular flexibility index (Phi) is 6.55. The highest BCUT2D eigenvalue weighted by atomic mass is 32.2. The molecule has 33 heavy (non-hydrogen) atoms. The van der Waals surface area contributed by atoms with Crippen molar-refractivity contribution in [3.05, 3.63) is 83.9 Å². The number of fused-ring (bicyclic) bond motifs is 1. The van der Waals surface area contributed by atoms with Crippen molar-refractivity contribution < 1.29 is 22.7 Å². The highest BCUT2D eigenvalue weighted by molar-refractivity contribution is 7.92. The molecule has 7 nitrogen and oxygen atoms in total. The van der Waals surface area contributed by atoms with E-state index in [1.165, 1.54) is 12.1 Å². The van der Waals surface area contributed by atoms with E-state index in [2.05, 4.69) is 5.32 Å². The molecular weight excluding hydrogens is 440 g/mol. The van der Waals surface area contributed by atoms with Gasteiger partial charge in [0.15, 0.2) is 11.5 Å². The average Bonchev–Trinajstić information content (AvgIpc) is 2.83. The van der Waals surface area contributed by atoms with Crippen molar-refractivity contribution in [3.8, 4) is 11.5 Å². The van der Waals surface area contributed by atoms with Gasteiger partial charge in [0.05, 0.1) is 16.6 Å². The molecule has 1 amide bonds. The predicted molar refractivity (Wildman–Crippen MR) is 126 cm³/mol. The molecule has 1 aliphatic rings. The van der Waals surface area contributed by atoms with Gasteiger partial charge in [-0.1, -0.05) is 48.0 Å². The molecule has 4 rings (SSSR count). The monoisotopic (exact) mass is 466 g/mol. The normalized spacial score (nSPS) is 13.8. The van der Waals surface area contributed by atoms with Crippen molar-refractivity contribution in [2.75, 3.05) is 24.1 Å². The van der Waals surface area contributed by atoms with Crippen molar-refractivity contribution in [2.45, 2.75) is 24.8 Å². The number of benzene rings is 3. The Balaban J connectivity index is 1.63. The summed E-state index contributed by atoms with van der Waals surface area (Å²) in [6.45, 7) is 4.17. The van der Waals surface area contributed by atoms with Gasteiger partial charge < -0.3 is 14.8 Å². The Morgan fingerprint density at radius 2 is 1.64 bits per heavy atom. The van der Waals surface area contributed by atoms with E-state index in [1.54, 1.807) is 18.2 Å². The van der Waals surface area contributed by atoms with E-state index in [0.717, 1.165) is 15.4 Å². The van der Waals surface area contributed by atoms with Gasteiger partial charge in [0.2, 0.25) is 5.91 Å². The quantitative estimate of drug-likeness (QED) is 0.572. The number of hydrogen-bond acceptors (Lipinski definition) is 5. The number of hydrogen-bond donors (Lipinski definition) is 1. The number of amides is 1. The number of carbonyl (C=O) groups is 1. The molecule has 1 N–H and O–H groups in total. The minimum absolute atomic E-state index is 0.0243. The first-order valence-electron chi connectivity index (χ1n) is 10.7. The summed E-state index contributed by atoms with van der Waals surface area (Å²) in [6.07, 6.45) is 0. The van der Waals surface area contributed by atoms with Gasteiger partial charge in [0.25, 0.3) is 10.0 Å². The van der Waals surface area contributed by atoms with Crippen LogP contribution in [0.1, 0.15) is 24.1 Å². The maximum absolute atomic E-state index is 13.6. The van der Waals surface area contributed by atoms with Crippen molar-refractivity contribution in [1.82, 2.24) is 5.32 Å². The lowest BCUT2D eigenvalue weighted by atomic mass is 10.1. The van der Waals surface area contributed by atoms with Crippen LogP contribution in [0.5, 0.6) is 11.5 Å². The van der Waals surface area contributed by atoms with E-state index in [0.29, 0.717) is 30.4 Å². The van der Waals surface area contributed by atoms with E-state index in [4.69, 9.17) is 9.47 Å². The number of anilines is 1. The number of aryl methyl sites for hydroxylation is 1. The fourth-order valence-corrected chi connectivity index (χ4v) is 5.02. The van der Waals surface area contributed by atoms with Crippen LogP contribution in [0.4, 0.5) is 5.69 Å². The van der Waals surface area contributed by atoms with Crippen LogP contribution in [-0.4, -0.2) is 34.1 Å². The first-order valence-corrected chi connectivity index (χ1v) is 12.1. The molecule has 0 spiro atoms. The third-order valence-corrected chi connectivity index (χ3v) is 7.16. The van der Waals surface area contributed by atoms with Gasteiger partial charge in [-0.2, -0.15) is 0 Å². The van der Waals surface area contributed by atoms with Crippen LogP contribution >= 0.6 is 0 Å². The van der Waals surface area contributed by atoms with Crippen molar-refractivity contribution in [2.24, 2.45) is 0 Å². The molecule has 0 radical (unpaired) electrons. The Morgan fingerprint density at radius 1 is 0.970 bits per heavy atom. The van der Waals surface area contributed by atoms with Gasteiger partial charge in [0.1, 0.15) is 19.8 Å². The third-order valence-electron chi connectivity index (χ3n) is 5.39. The number of carbonyl (C=O) groups excluding carboxylic acids is 1. The lowest BCUT2D eigenvalue weighted by Crippen LogP contribution is -2.41. The smallest absolute Gasteiger partial charge is 0.264 e. The first kappa shape index (κ1) is 22.7. The lowest BCUT2D eigenvalue weighted by Gasteiger charge is -2.26. The zero-order valence-electron chi connectivity index (χ0n) is 18.5. The summed E-state index contributed by atoms with van der Waals surface area (Å²) in [5, 5.41) is 2.89. The van der Waals surface area contributed by atoms with E-state index in [-0.39, 0.29) is 17.5 Å². The minimum atomic E-state index is -4.06. The maximum atomic E-state index is 13.6. The SMILES string of the molecule is Cc1ccc(N(CC(=O)NC(C)c2ccccc2)S(=O)(=O)c2ccc3c(c2)OCCO3)cc1. The van der Waals surface area contributed by atoms with Crippen LogP contribution in [0.25, 0.3) is 0 Å². The molecule has 3 aromatic rings. The highest BCUT2D eigenvalue weighted by Crippen LogP contribution is 2.34. The third kappa shape index (κ3) is 5.12. The van der Waals surface area contributed by atoms with Gasteiger partial charge in [-0.25, -0.2) is 8.42 Å². The molecule has 8 heteroatoms. The topological polar surface area (TPSA) is 84.9 Å². The van der Waals surface area contributed by atoms with Crippen LogP contribution in [0.15, 0.2) is 77.7 Å². The summed E-state index contributed by atoms with van der Waals surface area (Å²) in [4.78, 5) is 13.0. The van der Waals surface area contributed by atoms with Crippen LogP contribution in [-0.2, 0) is 14.8 Å². The van der Waals surface area contributed by atoms with Gasteiger partial charge in [-0.3, -0.25) is 9.10 Å². The predicted octanol–water partition coefficient (Wildman–Crippen LogP) is 3.84. The first-order chi connectivity index (χ1) is 15.8. The second kappa shape index (κ2) is 9.54. The molecule has 172 valence electrons. The average molecular weight is 467 g/mol. The molecule has 0 fully saturated rings. The van der Waals surface area contributed by atoms with E-state index >= 15 is 0 Å². The molecule has 1 atom stereocenters. The summed E-state index contributed by atoms with van der Waals surface area (Å²) in [5.41, 5.74) is 2.32. The number of rotatable bonds is 7. The number of ether oxygens (including phenoxy) is 2. The summed E-state index contributed by atoms with van der Waals surface area (Å²) < 4.78 is 39.5. The minimum Gasteiger partial charge on any atom is -0.486 e. The van der Waals surface area contributed by atoms with Gasteiger partial charge >= 0.3 is 0 Å². The fraction of sp³-hybridized carbons (Fsp3) is 0.240. The standard InChI is InChI=1S/C25H26N2O5S/c1-18-8-10-21(11-9-18)27(17-25(28)26-19(2)20-6-4-3-5-7-20)33(29,30)22-12-13-23-24(16-22)32-15-14-31-23/h3-13,16,19H,14-15,17H2,1-2H3,(H,26,28). The Bertz CT molecular complexity index is 1230. The molecule has 0 bridgehead atoms. The lowest BCUT2D eigenvalue weighted by molar-refractivity contribution is -0.120. The second-order valence-corrected chi connectivity index (χ2v) is 9.71. The molecule has 3 aromatic carbocycles. The number of sulfonamides is 1. The van der Waals surface area contributed by atoms with Crippen molar-refractivity contribution >= 4 is 21.6 Å². The number of nitrogens with zero attached hydrogens (tertiary/aromatic N) is 1. The van der Waals surface area contributed by atoms with Crippen LogP contribution in [0, 0.1) is 6.92 Å². The van der Waals surface area contributed by atoms with E-state index in [1.807, 2.05) is 56.3 Å². The zero-order chi connectivity index (χ0) is 23.4. The Labute approximate surface area is 194 Å². The largest absolute Gasteiger partial charge is 0.486 e. The van der Waals surface area contributed by atoms with Gasteiger partial charge in [-0.05, 0) is 43.7 Å². The zero-order valence-corrected chi connectivity index (χ0v) is 19.3. The molecule has 0 saturated carbocycles. The maximum Gasteiger partial charge on any atom is 0.264 e. The summed E-state index contributed by atoms with van der Waals surface area (Å²) in [5.74, 6) is 0.456. The van der Waals surface area contributed by atoms with E-state index in [9.17, 15) is 13.2 Å². The Morgan fingerprint density at radius 3 is 2.33 bits per heavy atom. The Hall–Kier alpha value is -3.52. The van der Waals surface area contributed by atoms with Crippen molar-refractivity contribution in [3.63, 3.8) is 0 Å². The molecule has 0 aromatic heterocycles. The van der Waals surface area contributed by atoms with Gasteiger partial charge in [-0.15, -0.1) is 0 Å². The van der Waals surface area contributed by atoms with Crippen LogP contribution < -0.4 is 19.1 Å². The molecule has 1 heterocycles. The van der Waals surface area contributed by atoms with Gasteiger partial charge in [0, 0.05) is 6.07 Å². The molecule has 1 unspecified atom stereocenters. The second-order valence-electron chi connectivity index (χ2n) is 7.85. The molecular formula is C25H26N2O5S. The summed E-state index contributed by atoms with van der Waals surface area (Å²) in [6, 6.07) is 20.7. The summed E-state index contributed by atoms with van der Waals surface area (Å²) >= 11 is 0. The highest BCUT2D eigenvalue weighted by Gasteiger charge is 2.29. The fourth-order valence-electron chi connectivity index (χ4n) is 3.58. The number of nitrogens with one attached hydrogen (secondary N) is 1. The summed E-state index contributed by atoms with van der Waals surface area (Å²) in [7, 11) is -4.06. The van der Waals surface area contributed by atoms with E-state index < -0.39 is 15.9 Å². The molecule has 0 saturated heterocycles. The molecule has 1 aliphatic heterocycles. The molecule has 0 aliphatic carbocycles.